The lowest BCUT2D eigenvalue weighted by molar-refractivity contribution is -0.129. The molecule has 6 heteroatoms. The number of carbonyl (C=O) groups excluding carboxylic acids is 1. The first-order valence-electron chi connectivity index (χ1n) is 10.2. The topological polar surface area (TPSA) is 81.3 Å². The van der Waals surface area contributed by atoms with Gasteiger partial charge in [-0.2, -0.15) is 0 Å². The van der Waals surface area contributed by atoms with Crippen molar-refractivity contribution in [3.63, 3.8) is 0 Å². The maximum absolute atomic E-state index is 12.7. The van der Waals surface area contributed by atoms with Crippen molar-refractivity contribution >= 4 is 5.91 Å². The molecule has 2 N–H and O–H groups in total. The van der Waals surface area contributed by atoms with Crippen LogP contribution in [0.2, 0.25) is 0 Å². The van der Waals surface area contributed by atoms with Gasteiger partial charge >= 0.3 is 0 Å². The molecule has 0 unspecified atom stereocenters. The van der Waals surface area contributed by atoms with E-state index < -0.39 is 5.54 Å². The quantitative estimate of drug-likeness (QED) is 0.655. The Labute approximate surface area is 176 Å². The molecule has 1 fully saturated rings. The Kier molecular flexibility index (Phi) is 5.77. The van der Waals surface area contributed by atoms with Crippen molar-refractivity contribution < 1.29 is 9.53 Å². The fraction of sp³-hybridized carbons (Fsp3) is 0.292. The lowest BCUT2D eigenvalue weighted by atomic mass is 9.89. The number of pyridine rings is 2. The number of likely N-dealkylation sites (tertiary alicyclic amines) is 1. The highest BCUT2D eigenvalue weighted by atomic mass is 16.5. The van der Waals surface area contributed by atoms with E-state index in [-0.39, 0.29) is 5.91 Å². The van der Waals surface area contributed by atoms with Crippen LogP contribution in [0.4, 0.5) is 0 Å². The summed E-state index contributed by atoms with van der Waals surface area (Å²) >= 11 is 0. The molecule has 1 aromatic carbocycles. The summed E-state index contributed by atoms with van der Waals surface area (Å²) in [6.45, 7) is 3.73. The number of hydrogen-bond donors (Lipinski definition) is 1. The van der Waals surface area contributed by atoms with Gasteiger partial charge in [-0.3, -0.25) is 19.7 Å². The number of amides is 1. The van der Waals surface area contributed by atoms with Crippen molar-refractivity contribution in [2.45, 2.75) is 38.5 Å². The molecule has 1 saturated heterocycles. The summed E-state index contributed by atoms with van der Waals surface area (Å²) in [5, 5.41) is 0. The number of aryl methyl sites for hydroxylation is 1. The molecule has 1 amide bonds. The summed E-state index contributed by atoms with van der Waals surface area (Å²) < 4.78 is 5.91. The van der Waals surface area contributed by atoms with Gasteiger partial charge < -0.3 is 10.5 Å². The molecule has 30 heavy (non-hydrogen) atoms. The molecule has 154 valence electrons. The number of hydrogen-bond acceptors (Lipinski definition) is 5. The average molecular weight is 402 g/mol. The van der Waals surface area contributed by atoms with Crippen LogP contribution in [0.1, 0.15) is 35.5 Å². The smallest absolute Gasteiger partial charge is 0.244 e. The highest BCUT2D eigenvalue weighted by molar-refractivity contribution is 5.86. The van der Waals surface area contributed by atoms with Crippen molar-refractivity contribution in [1.29, 1.82) is 0 Å². The highest BCUT2D eigenvalue weighted by Gasteiger charge is 2.48. The minimum Gasteiger partial charge on any atom is -0.487 e. The summed E-state index contributed by atoms with van der Waals surface area (Å²) in [4.78, 5) is 23.8. The molecule has 6 nitrogen and oxygen atoms in total. The number of aromatic nitrogens is 2. The highest BCUT2D eigenvalue weighted by Crippen LogP contribution is 2.39. The third-order valence-electron chi connectivity index (χ3n) is 5.61. The Bertz CT molecular complexity index is 1020. The van der Waals surface area contributed by atoms with E-state index in [2.05, 4.69) is 14.9 Å². The van der Waals surface area contributed by atoms with Crippen LogP contribution in [0.5, 0.6) is 5.75 Å². The molecule has 0 radical (unpaired) electrons. The number of carbonyl (C=O) groups is 1. The lowest BCUT2D eigenvalue weighted by Gasteiger charge is -2.35. The Balaban J connectivity index is 1.54. The zero-order valence-electron chi connectivity index (χ0n) is 17.1. The Morgan fingerprint density at radius 1 is 1.17 bits per heavy atom. The zero-order valence-corrected chi connectivity index (χ0v) is 17.1. The van der Waals surface area contributed by atoms with Crippen LogP contribution >= 0.6 is 0 Å². The maximum Gasteiger partial charge on any atom is 0.244 e. The van der Waals surface area contributed by atoms with Gasteiger partial charge in [0.15, 0.2) is 0 Å². The second kappa shape index (κ2) is 8.63. The van der Waals surface area contributed by atoms with Crippen LogP contribution in [0.25, 0.3) is 0 Å². The van der Waals surface area contributed by atoms with Crippen LogP contribution in [0.15, 0.2) is 66.9 Å². The Morgan fingerprint density at radius 3 is 2.80 bits per heavy atom. The fourth-order valence-corrected chi connectivity index (χ4v) is 4.15. The van der Waals surface area contributed by atoms with E-state index in [1.165, 1.54) is 0 Å². The van der Waals surface area contributed by atoms with Crippen molar-refractivity contribution in [2.75, 3.05) is 6.54 Å². The molecular formula is C24H26N4O2. The predicted octanol–water partition coefficient (Wildman–Crippen LogP) is 3.34. The first-order valence-corrected chi connectivity index (χ1v) is 10.2. The standard InChI is InChI=1S/C24H26N4O2/c1-18-7-4-11-22(27-18)24(23(25)29)12-6-14-28(24)16-19-8-5-10-21(15-19)30-17-20-9-2-3-13-26-20/h2-5,7-11,13,15H,6,12,14,16-17H2,1H3,(H2,25,29)/t24-/m1/s1. The molecule has 3 heterocycles. The molecule has 0 aliphatic carbocycles. The molecule has 3 aromatic rings. The number of benzene rings is 1. The van der Waals surface area contributed by atoms with E-state index in [1.807, 2.05) is 67.6 Å². The van der Waals surface area contributed by atoms with Gasteiger partial charge in [-0.15, -0.1) is 0 Å². The molecular weight excluding hydrogens is 376 g/mol. The number of ether oxygens (including phenoxy) is 1. The van der Waals surface area contributed by atoms with Crippen molar-refractivity contribution in [3.8, 4) is 5.75 Å². The van der Waals surface area contributed by atoms with Gasteiger partial charge in [-0.05, 0) is 68.3 Å². The van der Waals surface area contributed by atoms with Crippen LogP contribution < -0.4 is 10.5 Å². The molecule has 2 aromatic heterocycles. The van der Waals surface area contributed by atoms with E-state index in [9.17, 15) is 4.79 Å². The van der Waals surface area contributed by atoms with Crippen molar-refractivity contribution in [3.05, 3.63) is 89.5 Å². The van der Waals surface area contributed by atoms with Crippen LogP contribution in [-0.2, 0) is 23.5 Å². The molecule has 0 bridgehead atoms. The first-order chi connectivity index (χ1) is 14.6. The van der Waals surface area contributed by atoms with Crippen LogP contribution in [0.3, 0.4) is 0 Å². The summed E-state index contributed by atoms with van der Waals surface area (Å²) in [5.74, 6) is 0.427. The van der Waals surface area contributed by atoms with Gasteiger partial charge in [-0.1, -0.05) is 24.3 Å². The van der Waals surface area contributed by atoms with Crippen LogP contribution in [0, 0.1) is 6.92 Å². The number of rotatable bonds is 7. The summed E-state index contributed by atoms with van der Waals surface area (Å²) in [6.07, 6.45) is 3.33. The number of primary amides is 1. The second-order valence-electron chi connectivity index (χ2n) is 7.67. The maximum atomic E-state index is 12.7. The molecule has 1 aliphatic rings. The van der Waals surface area contributed by atoms with E-state index in [1.54, 1.807) is 6.20 Å². The monoisotopic (exact) mass is 402 g/mol. The lowest BCUT2D eigenvalue weighted by Crippen LogP contribution is -2.51. The Morgan fingerprint density at radius 2 is 2.03 bits per heavy atom. The van der Waals surface area contributed by atoms with E-state index in [0.717, 1.165) is 41.4 Å². The third-order valence-corrected chi connectivity index (χ3v) is 5.61. The van der Waals surface area contributed by atoms with Gasteiger partial charge in [0, 0.05) is 18.4 Å². The predicted molar refractivity (Wildman–Crippen MR) is 115 cm³/mol. The van der Waals surface area contributed by atoms with Gasteiger partial charge in [0.1, 0.15) is 17.9 Å². The largest absolute Gasteiger partial charge is 0.487 e. The van der Waals surface area contributed by atoms with Crippen molar-refractivity contribution in [2.24, 2.45) is 5.73 Å². The SMILES string of the molecule is Cc1cccc([C@@]2(C(N)=O)CCCN2Cc2cccc(OCc3ccccn3)c2)n1. The molecule has 1 aliphatic heterocycles. The first kappa shape index (κ1) is 20.0. The normalized spacial score (nSPS) is 19.0. The number of nitrogens with two attached hydrogens (primary N) is 1. The minimum absolute atomic E-state index is 0.347. The van der Waals surface area contributed by atoms with Crippen LogP contribution in [-0.4, -0.2) is 27.3 Å². The molecule has 0 saturated carbocycles. The molecule has 4 rings (SSSR count). The van der Waals surface area contributed by atoms with Crippen molar-refractivity contribution in [1.82, 2.24) is 14.9 Å². The zero-order chi connectivity index (χ0) is 21.0. The minimum atomic E-state index is -0.878. The van der Waals surface area contributed by atoms with E-state index in [4.69, 9.17) is 10.5 Å². The fourth-order valence-electron chi connectivity index (χ4n) is 4.15. The third kappa shape index (κ3) is 4.04. The summed E-state index contributed by atoms with van der Waals surface area (Å²) in [6, 6.07) is 19.5. The number of nitrogens with zero attached hydrogens (tertiary/aromatic N) is 3. The van der Waals surface area contributed by atoms with Gasteiger partial charge in [0.05, 0.1) is 11.4 Å². The summed E-state index contributed by atoms with van der Waals surface area (Å²) in [7, 11) is 0. The molecule has 1 atom stereocenters. The summed E-state index contributed by atoms with van der Waals surface area (Å²) in [5.41, 5.74) is 8.62. The van der Waals surface area contributed by atoms with Gasteiger partial charge in [0.2, 0.25) is 5.91 Å². The Hall–Kier alpha value is -3.25. The van der Waals surface area contributed by atoms with Gasteiger partial charge in [0.25, 0.3) is 0 Å². The van der Waals surface area contributed by atoms with E-state index >= 15 is 0 Å². The second-order valence-corrected chi connectivity index (χ2v) is 7.67. The van der Waals surface area contributed by atoms with E-state index in [0.29, 0.717) is 19.6 Å². The average Bonchev–Trinajstić information content (AvgIpc) is 3.18. The van der Waals surface area contributed by atoms with Gasteiger partial charge in [-0.25, -0.2) is 0 Å². The molecule has 0 spiro atoms.